The molecule has 0 aliphatic rings. The molecule has 16 heavy (non-hydrogen) atoms. The minimum absolute atomic E-state index is 0.175. The van der Waals surface area contributed by atoms with Gasteiger partial charge >= 0.3 is 5.97 Å². The molecule has 0 amide bonds. The molecule has 0 spiro atoms. The SMILES string of the molecule is CC(O)CCCNc1ccc(C(=O)O)cn1. The highest BCUT2D eigenvalue weighted by atomic mass is 16.4. The summed E-state index contributed by atoms with van der Waals surface area (Å²) in [5.41, 5.74) is 0.175. The molecule has 1 heterocycles. The van der Waals surface area contributed by atoms with Crippen LogP contribution in [-0.4, -0.2) is 33.8 Å². The summed E-state index contributed by atoms with van der Waals surface area (Å²) in [5, 5.41) is 20.8. The molecular formula is C11H16N2O3. The van der Waals surface area contributed by atoms with Crippen LogP contribution in [0.15, 0.2) is 18.3 Å². The number of carboxylic acids is 1. The van der Waals surface area contributed by atoms with E-state index in [4.69, 9.17) is 10.2 Å². The highest BCUT2D eigenvalue weighted by molar-refractivity contribution is 5.87. The van der Waals surface area contributed by atoms with Crippen molar-refractivity contribution in [3.8, 4) is 0 Å². The summed E-state index contributed by atoms with van der Waals surface area (Å²) in [6, 6.07) is 3.14. The Morgan fingerprint density at radius 3 is 2.81 bits per heavy atom. The first-order valence-corrected chi connectivity index (χ1v) is 5.21. The molecule has 0 aliphatic carbocycles. The van der Waals surface area contributed by atoms with Crippen molar-refractivity contribution in [3.05, 3.63) is 23.9 Å². The van der Waals surface area contributed by atoms with Gasteiger partial charge < -0.3 is 15.5 Å². The first kappa shape index (κ1) is 12.4. The van der Waals surface area contributed by atoms with Gasteiger partial charge in [-0.1, -0.05) is 0 Å². The molecule has 5 nitrogen and oxygen atoms in total. The Balaban J connectivity index is 2.35. The number of rotatable bonds is 6. The quantitative estimate of drug-likeness (QED) is 0.635. The van der Waals surface area contributed by atoms with Gasteiger partial charge in [0.2, 0.25) is 0 Å². The zero-order valence-corrected chi connectivity index (χ0v) is 9.18. The number of nitrogens with zero attached hydrogens (tertiary/aromatic N) is 1. The Kier molecular flexibility index (Phi) is 4.72. The lowest BCUT2D eigenvalue weighted by atomic mass is 10.2. The number of anilines is 1. The minimum atomic E-state index is -0.979. The summed E-state index contributed by atoms with van der Waals surface area (Å²) >= 11 is 0. The van der Waals surface area contributed by atoms with Crippen molar-refractivity contribution in [2.24, 2.45) is 0 Å². The van der Waals surface area contributed by atoms with Crippen molar-refractivity contribution in [1.29, 1.82) is 0 Å². The number of carbonyl (C=O) groups is 1. The largest absolute Gasteiger partial charge is 0.478 e. The predicted octanol–water partition coefficient (Wildman–Crippen LogP) is 1.35. The highest BCUT2D eigenvalue weighted by Gasteiger charge is 2.02. The second-order valence-electron chi connectivity index (χ2n) is 3.66. The summed E-state index contributed by atoms with van der Waals surface area (Å²) in [4.78, 5) is 14.5. The lowest BCUT2D eigenvalue weighted by Crippen LogP contribution is -2.07. The van der Waals surface area contributed by atoms with Crippen molar-refractivity contribution in [1.82, 2.24) is 4.98 Å². The zero-order chi connectivity index (χ0) is 12.0. The predicted molar refractivity (Wildman–Crippen MR) is 60.6 cm³/mol. The maximum atomic E-state index is 10.6. The third-order valence-electron chi connectivity index (χ3n) is 2.12. The number of aliphatic hydroxyl groups is 1. The van der Waals surface area contributed by atoms with Crippen LogP contribution in [0.3, 0.4) is 0 Å². The molecule has 5 heteroatoms. The third-order valence-corrected chi connectivity index (χ3v) is 2.12. The van der Waals surface area contributed by atoms with E-state index >= 15 is 0 Å². The summed E-state index contributed by atoms with van der Waals surface area (Å²) in [5.74, 6) is -0.330. The van der Waals surface area contributed by atoms with E-state index in [0.717, 1.165) is 12.8 Å². The molecule has 0 saturated heterocycles. The fourth-order valence-corrected chi connectivity index (χ4v) is 1.24. The van der Waals surface area contributed by atoms with Crippen LogP contribution in [-0.2, 0) is 0 Å². The molecular weight excluding hydrogens is 208 g/mol. The van der Waals surface area contributed by atoms with Crippen LogP contribution in [0, 0.1) is 0 Å². The van der Waals surface area contributed by atoms with E-state index in [2.05, 4.69) is 10.3 Å². The van der Waals surface area contributed by atoms with Crippen LogP contribution >= 0.6 is 0 Å². The van der Waals surface area contributed by atoms with E-state index < -0.39 is 5.97 Å². The smallest absolute Gasteiger partial charge is 0.337 e. The van der Waals surface area contributed by atoms with Gasteiger partial charge in [-0.25, -0.2) is 9.78 Å². The van der Waals surface area contributed by atoms with Crippen molar-refractivity contribution < 1.29 is 15.0 Å². The number of hydrogen-bond donors (Lipinski definition) is 3. The average Bonchev–Trinajstić information content (AvgIpc) is 2.25. The summed E-state index contributed by atoms with van der Waals surface area (Å²) in [6.07, 6.45) is 2.61. The number of aromatic carboxylic acids is 1. The van der Waals surface area contributed by atoms with Gasteiger partial charge in [0, 0.05) is 12.7 Å². The Morgan fingerprint density at radius 1 is 1.56 bits per heavy atom. The Bertz CT molecular complexity index is 336. The van der Waals surface area contributed by atoms with Crippen molar-refractivity contribution in [3.63, 3.8) is 0 Å². The molecule has 88 valence electrons. The van der Waals surface area contributed by atoms with Crippen molar-refractivity contribution in [2.75, 3.05) is 11.9 Å². The van der Waals surface area contributed by atoms with Gasteiger partial charge in [-0.3, -0.25) is 0 Å². The number of nitrogens with one attached hydrogen (secondary N) is 1. The van der Waals surface area contributed by atoms with Gasteiger partial charge in [0.05, 0.1) is 11.7 Å². The van der Waals surface area contributed by atoms with Gasteiger partial charge in [-0.15, -0.1) is 0 Å². The van der Waals surface area contributed by atoms with Gasteiger partial charge in [-0.05, 0) is 31.9 Å². The van der Waals surface area contributed by atoms with Crippen molar-refractivity contribution >= 4 is 11.8 Å². The number of hydrogen-bond acceptors (Lipinski definition) is 4. The van der Waals surface area contributed by atoms with Gasteiger partial charge in [0.15, 0.2) is 0 Å². The molecule has 0 aliphatic heterocycles. The maximum Gasteiger partial charge on any atom is 0.337 e. The number of aliphatic hydroxyl groups excluding tert-OH is 1. The maximum absolute atomic E-state index is 10.6. The monoisotopic (exact) mass is 224 g/mol. The molecule has 0 aromatic carbocycles. The molecule has 0 radical (unpaired) electrons. The van der Waals surface area contributed by atoms with Crippen LogP contribution in [0.5, 0.6) is 0 Å². The van der Waals surface area contributed by atoms with Crippen LogP contribution in [0.1, 0.15) is 30.1 Å². The minimum Gasteiger partial charge on any atom is -0.478 e. The fourth-order valence-electron chi connectivity index (χ4n) is 1.24. The summed E-state index contributed by atoms with van der Waals surface area (Å²) < 4.78 is 0. The summed E-state index contributed by atoms with van der Waals surface area (Å²) in [7, 11) is 0. The van der Waals surface area contributed by atoms with E-state index in [1.54, 1.807) is 13.0 Å². The number of pyridine rings is 1. The van der Waals surface area contributed by atoms with Gasteiger partial charge in [0.25, 0.3) is 0 Å². The van der Waals surface area contributed by atoms with E-state index in [9.17, 15) is 4.79 Å². The first-order valence-electron chi connectivity index (χ1n) is 5.21. The molecule has 1 aromatic heterocycles. The fraction of sp³-hybridized carbons (Fsp3) is 0.455. The van der Waals surface area contributed by atoms with Crippen LogP contribution < -0.4 is 5.32 Å². The molecule has 0 bridgehead atoms. The second-order valence-corrected chi connectivity index (χ2v) is 3.66. The Hall–Kier alpha value is -1.62. The normalized spacial score (nSPS) is 12.1. The van der Waals surface area contributed by atoms with E-state index in [-0.39, 0.29) is 11.7 Å². The van der Waals surface area contributed by atoms with E-state index in [0.29, 0.717) is 12.4 Å². The third kappa shape index (κ3) is 4.27. The standard InChI is InChI=1S/C11H16N2O3/c1-8(14)3-2-6-12-10-5-4-9(7-13-10)11(15)16/h4-5,7-8,14H,2-3,6H2,1H3,(H,12,13)(H,15,16). The molecule has 0 fully saturated rings. The number of carboxylic acid groups (broad SMARTS) is 1. The van der Waals surface area contributed by atoms with E-state index in [1.165, 1.54) is 12.3 Å². The Morgan fingerprint density at radius 2 is 2.31 bits per heavy atom. The van der Waals surface area contributed by atoms with Crippen LogP contribution in [0.25, 0.3) is 0 Å². The lowest BCUT2D eigenvalue weighted by Gasteiger charge is -2.06. The first-order chi connectivity index (χ1) is 7.59. The molecule has 0 saturated carbocycles. The van der Waals surface area contributed by atoms with Gasteiger partial charge in [0.1, 0.15) is 5.82 Å². The van der Waals surface area contributed by atoms with E-state index in [1.807, 2.05) is 0 Å². The molecule has 1 aromatic rings. The molecule has 1 rings (SSSR count). The average molecular weight is 224 g/mol. The lowest BCUT2D eigenvalue weighted by molar-refractivity contribution is 0.0696. The number of aromatic nitrogens is 1. The molecule has 3 N–H and O–H groups in total. The topological polar surface area (TPSA) is 82.5 Å². The second kappa shape index (κ2) is 6.07. The van der Waals surface area contributed by atoms with Crippen molar-refractivity contribution in [2.45, 2.75) is 25.9 Å². The highest BCUT2D eigenvalue weighted by Crippen LogP contribution is 2.05. The zero-order valence-electron chi connectivity index (χ0n) is 9.18. The Labute approximate surface area is 94.1 Å². The van der Waals surface area contributed by atoms with Gasteiger partial charge in [-0.2, -0.15) is 0 Å². The summed E-state index contributed by atoms with van der Waals surface area (Å²) in [6.45, 7) is 2.46. The molecule has 1 atom stereocenters. The van der Waals surface area contributed by atoms with Crippen LogP contribution in [0.4, 0.5) is 5.82 Å². The van der Waals surface area contributed by atoms with Crippen LogP contribution in [0.2, 0.25) is 0 Å². The molecule has 1 unspecified atom stereocenters.